The molecule has 11 aromatic rings. The van der Waals surface area contributed by atoms with Crippen LogP contribution in [0.3, 0.4) is 0 Å². The predicted octanol–water partition coefficient (Wildman–Crippen LogP) is 22.8. The van der Waals surface area contributed by atoms with Gasteiger partial charge in [0.1, 0.15) is 0 Å². The fraction of sp³-hybridized carbons (Fsp3) is 0.247. The van der Waals surface area contributed by atoms with E-state index in [1.54, 1.807) is 11.1 Å². The van der Waals surface area contributed by atoms with Crippen LogP contribution in [0.5, 0.6) is 0 Å². The SMILES string of the molecule is CCCCCCCCC1(CCCCCCCC)c2cc(C)ccc2-c2ccc(-c3ccc(N(c4ccc(C)cc4)c4ccc(-c5ccc6c(c5)c5ccccc5n6-c5cccc(-c6ccc7ccccc7c6)c5)cc4)cc3)cc21. The average Bonchev–Trinajstić information content (AvgIpc) is 4.07. The normalized spacial score (nSPS) is 12.6. The van der Waals surface area contributed by atoms with E-state index in [0.717, 1.165) is 22.7 Å². The molecule has 0 aliphatic heterocycles. The van der Waals surface area contributed by atoms with Gasteiger partial charge in [0, 0.05) is 38.9 Å². The van der Waals surface area contributed by atoms with Crippen LogP contribution >= 0.6 is 0 Å². The molecule has 394 valence electrons. The van der Waals surface area contributed by atoms with E-state index in [2.05, 4.69) is 256 Å². The van der Waals surface area contributed by atoms with Crippen LogP contribution < -0.4 is 4.90 Å². The number of anilines is 3. The molecule has 12 rings (SSSR count). The number of aromatic nitrogens is 1. The lowest BCUT2D eigenvalue weighted by molar-refractivity contribution is 0.398. The number of hydrogen-bond donors (Lipinski definition) is 0. The summed E-state index contributed by atoms with van der Waals surface area (Å²) < 4.78 is 2.43. The topological polar surface area (TPSA) is 8.17 Å². The van der Waals surface area contributed by atoms with Gasteiger partial charge in [-0.15, -0.1) is 0 Å². The van der Waals surface area contributed by atoms with Gasteiger partial charge in [-0.25, -0.2) is 0 Å². The molecule has 0 unspecified atom stereocenters. The molecule has 0 saturated carbocycles. The Kier molecular flexibility index (Phi) is 15.2. The molecule has 0 atom stereocenters. The van der Waals surface area contributed by atoms with Gasteiger partial charge in [0.05, 0.1) is 11.0 Å². The maximum absolute atomic E-state index is 2.60. The fourth-order valence-corrected chi connectivity index (χ4v) is 13.2. The van der Waals surface area contributed by atoms with E-state index in [-0.39, 0.29) is 5.41 Å². The first kappa shape index (κ1) is 51.8. The first-order valence-electron chi connectivity index (χ1n) is 29.9. The van der Waals surface area contributed by atoms with Crippen LogP contribution in [0, 0.1) is 13.8 Å². The van der Waals surface area contributed by atoms with Crippen molar-refractivity contribution in [3.8, 4) is 50.2 Å². The number of benzene rings is 10. The Bertz CT molecular complexity index is 3870. The third-order valence-corrected chi connectivity index (χ3v) is 17.5. The minimum absolute atomic E-state index is 0.0488. The lowest BCUT2D eigenvalue weighted by atomic mass is 9.70. The molecule has 10 aromatic carbocycles. The molecule has 0 radical (unpaired) electrons. The van der Waals surface area contributed by atoms with Crippen molar-refractivity contribution in [2.45, 2.75) is 123 Å². The van der Waals surface area contributed by atoms with Crippen LogP contribution in [0.25, 0.3) is 82.8 Å². The summed E-state index contributed by atoms with van der Waals surface area (Å²) in [6.45, 7) is 9.11. The van der Waals surface area contributed by atoms with Crippen molar-refractivity contribution in [3.63, 3.8) is 0 Å². The van der Waals surface area contributed by atoms with E-state index in [9.17, 15) is 0 Å². The van der Waals surface area contributed by atoms with Gasteiger partial charge in [-0.3, -0.25) is 0 Å². The molecular formula is C77H76N2. The molecule has 0 saturated heterocycles. The van der Waals surface area contributed by atoms with Crippen molar-refractivity contribution in [2.24, 2.45) is 0 Å². The van der Waals surface area contributed by atoms with Crippen LogP contribution in [0.15, 0.2) is 218 Å². The van der Waals surface area contributed by atoms with Gasteiger partial charge in [-0.2, -0.15) is 0 Å². The Hall–Kier alpha value is -7.94. The van der Waals surface area contributed by atoms with Gasteiger partial charge in [-0.1, -0.05) is 242 Å². The molecule has 0 fully saturated rings. The average molecular weight is 1030 g/mol. The van der Waals surface area contributed by atoms with Gasteiger partial charge in [0.2, 0.25) is 0 Å². The highest BCUT2D eigenvalue weighted by Gasteiger charge is 2.42. The van der Waals surface area contributed by atoms with Gasteiger partial charge in [0.15, 0.2) is 0 Å². The van der Waals surface area contributed by atoms with E-state index in [0.29, 0.717) is 0 Å². The molecular weight excluding hydrogens is 953 g/mol. The second-order valence-electron chi connectivity index (χ2n) is 22.9. The summed E-state index contributed by atoms with van der Waals surface area (Å²) in [5.74, 6) is 0. The Morgan fingerprint density at radius 1 is 0.342 bits per heavy atom. The maximum Gasteiger partial charge on any atom is 0.0541 e. The Morgan fingerprint density at radius 3 is 1.52 bits per heavy atom. The number of hydrogen-bond acceptors (Lipinski definition) is 1. The van der Waals surface area contributed by atoms with Crippen LogP contribution in [-0.4, -0.2) is 4.57 Å². The highest BCUT2D eigenvalue weighted by Crippen LogP contribution is 2.55. The van der Waals surface area contributed by atoms with Gasteiger partial charge >= 0.3 is 0 Å². The second kappa shape index (κ2) is 23.2. The highest BCUT2D eigenvalue weighted by molar-refractivity contribution is 6.10. The highest BCUT2D eigenvalue weighted by atomic mass is 15.1. The van der Waals surface area contributed by atoms with Crippen molar-refractivity contribution in [1.29, 1.82) is 0 Å². The molecule has 1 aromatic heterocycles. The zero-order valence-electron chi connectivity index (χ0n) is 47.1. The standard InChI is InChI=1S/C77H76N2/c1-5-7-9-11-13-19-48-77(49-20-14-12-10-8-6-2)73-50-56(4)30-45-69(73)70-46-37-64(54-74(70)77)59-35-43-67(44-36-59)78(65-39-28-55(3)29-40-65)66-41-33-58(34-42-66)63-38-47-76-72(53-63)71-26-17-18-27-75(71)79(76)68-25-21-24-61(52-68)62-32-31-57-22-15-16-23-60(57)51-62/h15-18,21-47,50-54H,5-14,19-20,48-49H2,1-4H3. The number of fused-ring (bicyclic) bond motifs is 7. The molecule has 1 aliphatic rings. The molecule has 0 bridgehead atoms. The Labute approximate surface area is 470 Å². The van der Waals surface area contributed by atoms with Crippen LogP contribution in [0.1, 0.15) is 126 Å². The summed E-state index contributed by atoms with van der Waals surface area (Å²) >= 11 is 0. The monoisotopic (exact) mass is 1030 g/mol. The van der Waals surface area contributed by atoms with E-state index >= 15 is 0 Å². The number of aryl methyl sites for hydroxylation is 2. The van der Waals surface area contributed by atoms with Crippen molar-refractivity contribution < 1.29 is 0 Å². The third kappa shape index (κ3) is 10.5. The zero-order valence-corrected chi connectivity index (χ0v) is 47.1. The minimum atomic E-state index is 0.0488. The lowest BCUT2D eigenvalue weighted by Gasteiger charge is -2.33. The molecule has 0 amide bonds. The number of nitrogens with zero attached hydrogens (tertiary/aromatic N) is 2. The summed E-state index contributed by atoms with van der Waals surface area (Å²) in [5.41, 5.74) is 23.1. The quantitative estimate of drug-likeness (QED) is 0.0651. The van der Waals surface area contributed by atoms with E-state index in [4.69, 9.17) is 0 Å². The first-order chi connectivity index (χ1) is 38.9. The van der Waals surface area contributed by atoms with E-state index in [1.165, 1.54) is 178 Å². The molecule has 79 heavy (non-hydrogen) atoms. The van der Waals surface area contributed by atoms with Crippen LogP contribution in [0.4, 0.5) is 17.1 Å². The summed E-state index contributed by atoms with van der Waals surface area (Å²) in [5, 5.41) is 5.02. The summed E-state index contributed by atoms with van der Waals surface area (Å²) in [6, 6.07) is 82.5. The lowest BCUT2D eigenvalue weighted by Crippen LogP contribution is -2.25. The van der Waals surface area contributed by atoms with E-state index < -0.39 is 0 Å². The molecule has 1 heterocycles. The number of para-hydroxylation sites is 1. The minimum Gasteiger partial charge on any atom is -0.311 e. The molecule has 1 aliphatic carbocycles. The Balaban J connectivity index is 0.849. The maximum atomic E-state index is 2.60. The smallest absolute Gasteiger partial charge is 0.0541 e. The predicted molar refractivity (Wildman–Crippen MR) is 341 cm³/mol. The van der Waals surface area contributed by atoms with Crippen molar-refractivity contribution in [2.75, 3.05) is 4.90 Å². The first-order valence-corrected chi connectivity index (χ1v) is 29.9. The van der Waals surface area contributed by atoms with Crippen LogP contribution in [-0.2, 0) is 5.41 Å². The van der Waals surface area contributed by atoms with Crippen LogP contribution in [0.2, 0.25) is 0 Å². The summed E-state index contributed by atoms with van der Waals surface area (Å²) in [4.78, 5) is 2.41. The molecule has 2 heteroatoms. The number of rotatable bonds is 21. The van der Waals surface area contributed by atoms with Gasteiger partial charge in [0.25, 0.3) is 0 Å². The zero-order chi connectivity index (χ0) is 53.7. The summed E-state index contributed by atoms with van der Waals surface area (Å²) in [7, 11) is 0. The van der Waals surface area contributed by atoms with Crippen molar-refractivity contribution in [3.05, 3.63) is 241 Å². The van der Waals surface area contributed by atoms with Gasteiger partial charge in [-0.05, 0) is 172 Å². The number of unbranched alkanes of at least 4 members (excludes halogenated alkanes) is 10. The van der Waals surface area contributed by atoms with E-state index in [1.807, 2.05) is 0 Å². The molecule has 0 N–H and O–H groups in total. The van der Waals surface area contributed by atoms with Crippen molar-refractivity contribution >= 4 is 49.6 Å². The fourth-order valence-electron chi connectivity index (χ4n) is 13.2. The second-order valence-corrected chi connectivity index (χ2v) is 22.9. The third-order valence-electron chi connectivity index (χ3n) is 17.5. The van der Waals surface area contributed by atoms with Crippen molar-refractivity contribution in [1.82, 2.24) is 4.57 Å². The van der Waals surface area contributed by atoms with Gasteiger partial charge < -0.3 is 9.47 Å². The Morgan fingerprint density at radius 2 is 0.835 bits per heavy atom. The largest absolute Gasteiger partial charge is 0.311 e. The summed E-state index contributed by atoms with van der Waals surface area (Å²) in [6.07, 6.45) is 18.4. The molecule has 2 nitrogen and oxygen atoms in total. The molecule has 0 spiro atoms.